The summed E-state index contributed by atoms with van der Waals surface area (Å²) in [6.07, 6.45) is 0. The van der Waals surface area contributed by atoms with Gasteiger partial charge in [0, 0.05) is 11.6 Å². The van der Waals surface area contributed by atoms with Gasteiger partial charge in [0.1, 0.15) is 11.3 Å². The highest BCUT2D eigenvalue weighted by molar-refractivity contribution is 5.76. The molecule has 0 spiro atoms. The van der Waals surface area contributed by atoms with E-state index < -0.39 is 17.4 Å². The van der Waals surface area contributed by atoms with Gasteiger partial charge in [-0.25, -0.2) is 13.8 Å². The number of phenols is 1. The fraction of sp³-hybridized carbons (Fsp3) is 0. The fourth-order valence-corrected chi connectivity index (χ4v) is 1.66. The molecule has 3 rings (SSSR count). The van der Waals surface area contributed by atoms with Gasteiger partial charge in [-0.05, 0) is 30.3 Å². The van der Waals surface area contributed by atoms with Crippen LogP contribution >= 0.6 is 0 Å². The second-order valence-corrected chi connectivity index (χ2v) is 3.80. The number of benzene rings is 2. The molecule has 0 amide bonds. The van der Waals surface area contributed by atoms with Crippen molar-refractivity contribution in [1.82, 2.24) is 4.98 Å². The van der Waals surface area contributed by atoms with Crippen LogP contribution in [0.5, 0.6) is 5.75 Å². The number of hydrogen-bond donors (Lipinski definition) is 1. The molecule has 0 aliphatic heterocycles. The van der Waals surface area contributed by atoms with Gasteiger partial charge in [0.15, 0.2) is 17.1 Å². The van der Waals surface area contributed by atoms with Gasteiger partial charge in [0.25, 0.3) is 0 Å². The van der Waals surface area contributed by atoms with Crippen LogP contribution in [0, 0.1) is 11.6 Å². The zero-order chi connectivity index (χ0) is 12.7. The number of fused-ring (bicyclic) bond motifs is 1. The molecule has 0 saturated heterocycles. The lowest BCUT2D eigenvalue weighted by Crippen LogP contribution is -1.81. The maximum Gasteiger partial charge on any atom is 0.227 e. The van der Waals surface area contributed by atoms with E-state index in [-0.39, 0.29) is 5.89 Å². The summed E-state index contributed by atoms with van der Waals surface area (Å²) in [6.45, 7) is 0. The molecule has 0 fully saturated rings. The van der Waals surface area contributed by atoms with Gasteiger partial charge < -0.3 is 9.52 Å². The van der Waals surface area contributed by atoms with Crippen LogP contribution in [0.25, 0.3) is 22.6 Å². The molecule has 0 radical (unpaired) electrons. The van der Waals surface area contributed by atoms with Gasteiger partial charge in [0.2, 0.25) is 5.89 Å². The molecular weight excluding hydrogens is 240 g/mol. The third kappa shape index (κ3) is 1.69. The lowest BCUT2D eigenvalue weighted by atomic mass is 10.2. The van der Waals surface area contributed by atoms with Gasteiger partial charge in [0.05, 0.1) is 0 Å². The van der Waals surface area contributed by atoms with Crippen LogP contribution in [-0.4, -0.2) is 10.1 Å². The van der Waals surface area contributed by atoms with Gasteiger partial charge in [-0.15, -0.1) is 0 Å². The zero-order valence-electron chi connectivity index (χ0n) is 9.02. The number of rotatable bonds is 1. The molecule has 18 heavy (non-hydrogen) atoms. The third-order valence-corrected chi connectivity index (χ3v) is 2.54. The maximum absolute atomic E-state index is 13.2. The van der Waals surface area contributed by atoms with E-state index in [9.17, 15) is 8.78 Å². The molecule has 3 nitrogen and oxygen atoms in total. The minimum Gasteiger partial charge on any atom is -0.505 e. The van der Waals surface area contributed by atoms with E-state index in [1.54, 1.807) is 0 Å². The molecule has 3 aromatic rings. The summed E-state index contributed by atoms with van der Waals surface area (Å²) >= 11 is 0. The average molecular weight is 247 g/mol. The zero-order valence-corrected chi connectivity index (χ0v) is 9.02. The molecule has 1 N–H and O–H groups in total. The van der Waals surface area contributed by atoms with Crippen LogP contribution in [0.15, 0.2) is 40.8 Å². The van der Waals surface area contributed by atoms with E-state index >= 15 is 0 Å². The first-order chi connectivity index (χ1) is 8.63. The van der Waals surface area contributed by atoms with E-state index in [1.165, 1.54) is 30.3 Å². The van der Waals surface area contributed by atoms with Crippen LogP contribution in [-0.2, 0) is 0 Å². The van der Waals surface area contributed by atoms with Crippen LogP contribution in [0.4, 0.5) is 8.78 Å². The Morgan fingerprint density at radius 2 is 1.89 bits per heavy atom. The van der Waals surface area contributed by atoms with Crippen molar-refractivity contribution in [2.24, 2.45) is 0 Å². The smallest absolute Gasteiger partial charge is 0.227 e. The molecule has 1 aromatic heterocycles. The minimum atomic E-state index is -0.763. The van der Waals surface area contributed by atoms with E-state index in [1.807, 2.05) is 0 Å². The summed E-state index contributed by atoms with van der Waals surface area (Å²) in [6, 6.07) is 7.74. The summed E-state index contributed by atoms with van der Waals surface area (Å²) in [5.74, 6) is -1.45. The Morgan fingerprint density at radius 3 is 2.67 bits per heavy atom. The Balaban J connectivity index is 2.16. The Bertz CT molecular complexity index is 737. The predicted molar refractivity (Wildman–Crippen MR) is 61.0 cm³/mol. The first-order valence-electron chi connectivity index (χ1n) is 5.18. The number of aromatic nitrogens is 1. The van der Waals surface area contributed by atoms with Gasteiger partial charge in [-0.1, -0.05) is 0 Å². The first-order valence-corrected chi connectivity index (χ1v) is 5.18. The molecule has 0 saturated carbocycles. The summed E-state index contributed by atoms with van der Waals surface area (Å²) in [5.41, 5.74) is 1.15. The molecule has 0 aliphatic rings. The molecule has 2 aromatic carbocycles. The topological polar surface area (TPSA) is 46.3 Å². The van der Waals surface area contributed by atoms with Crippen molar-refractivity contribution in [3.8, 4) is 17.2 Å². The second-order valence-electron chi connectivity index (χ2n) is 3.80. The van der Waals surface area contributed by atoms with Crippen molar-refractivity contribution in [3.63, 3.8) is 0 Å². The quantitative estimate of drug-likeness (QED) is 0.716. The minimum absolute atomic E-state index is 0.175. The normalized spacial score (nSPS) is 11.0. The fourth-order valence-electron chi connectivity index (χ4n) is 1.66. The third-order valence-electron chi connectivity index (χ3n) is 2.54. The van der Waals surface area contributed by atoms with Crippen LogP contribution in [0.2, 0.25) is 0 Å². The number of aromatic hydroxyl groups is 1. The molecule has 0 atom stereocenters. The number of nitrogens with zero attached hydrogens (tertiary/aromatic N) is 1. The summed E-state index contributed by atoms with van der Waals surface area (Å²) < 4.78 is 31.6. The summed E-state index contributed by atoms with van der Waals surface area (Å²) in [4.78, 5) is 4.06. The van der Waals surface area contributed by atoms with Crippen molar-refractivity contribution in [2.45, 2.75) is 0 Å². The highest BCUT2D eigenvalue weighted by atomic mass is 19.1. The number of oxazole rings is 1. The van der Waals surface area contributed by atoms with Crippen LogP contribution in [0.3, 0.4) is 0 Å². The second kappa shape index (κ2) is 3.80. The summed E-state index contributed by atoms with van der Waals surface area (Å²) in [5, 5.41) is 9.09. The van der Waals surface area contributed by atoms with Gasteiger partial charge >= 0.3 is 0 Å². The Labute approximate surface area is 100 Å². The Hall–Kier alpha value is -2.43. The molecule has 0 bridgehead atoms. The van der Waals surface area contributed by atoms with Crippen molar-refractivity contribution in [2.75, 3.05) is 0 Å². The lowest BCUT2D eigenvalue weighted by Gasteiger charge is -1.97. The van der Waals surface area contributed by atoms with E-state index in [0.29, 0.717) is 16.7 Å². The van der Waals surface area contributed by atoms with E-state index in [4.69, 9.17) is 9.52 Å². The van der Waals surface area contributed by atoms with Crippen LogP contribution in [0.1, 0.15) is 0 Å². The van der Waals surface area contributed by atoms with Crippen molar-refractivity contribution < 1.29 is 18.3 Å². The van der Waals surface area contributed by atoms with Gasteiger partial charge in [-0.3, -0.25) is 0 Å². The molecular formula is C13H7F2NO2. The number of halogens is 2. The standard InChI is InChI=1S/C13H7F2NO2/c14-8-2-4-12-10(6-8)16-13(18-12)7-1-3-11(17)9(15)5-7/h1-6,17H. The van der Waals surface area contributed by atoms with E-state index in [2.05, 4.69) is 4.98 Å². The highest BCUT2D eigenvalue weighted by Crippen LogP contribution is 2.27. The Kier molecular flexibility index (Phi) is 2.26. The first kappa shape index (κ1) is 10.7. The van der Waals surface area contributed by atoms with E-state index in [0.717, 1.165) is 6.07 Å². The highest BCUT2D eigenvalue weighted by Gasteiger charge is 2.11. The van der Waals surface area contributed by atoms with Crippen LogP contribution < -0.4 is 0 Å². The average Bonchev–Trinajstić information content (AvgIpc) is 2.75. The predicted octanol–water partition coefficient (Wildman–Crippen LogP) is 3.48. The Morgan fingerprint density at radius 1 is 1.06 bits per heavy atom. The van der Waals surface area contributed by atoms with Gasteiger partial charge in [-0.2, -0.15) is 0 Å². The summed E-state index contributed by atoms with van der Waals surface area (Å²) in [7, 11) is 0. The molecule has 0 unspecified atom stereocenters. The number of hydrogen-bond acceptors (Lipinski definition) is 3. The van der Waals surface area contributed by atoms with Crippen molar-refractivity contribution in [3.05, 3.63) is 48.0 Å². The lowest BCUT2D eigenvalue weighted by molar-refractivity contribution is 0.432. The largest absolute Gasteiger partial charge is 0.505 e. The van der Waals surface area contributed by atoms with Crippen molar-refractivity contribution in [1.29, 1.82) is 0 Å². The molecule has 5 heteroatoms. The molecule has 1 heterocycles. The number of phenolic OH excluding ortho intramolecular Hbond substituents is 1. The SMILES string of the molecule is Oc1ccc(-c2nc3cc(F)ccc3o2)cc1F. The van der Waals surface area contributed by atoms with Crippen molar-refractivity contribution >= 4 is 11.1 Å². The molecule has 90 valence electrons. The molecule has 0 aliphatic carbocycles. The maximum atomic E-state index is 13.2. The monoisotopic (exact) mass is 247 g/mol.